The third-order valence-corrected chi connectivity index (χ3v) is 3.11. The Morgan fingerprint density at radius 1 is 1.55 bits per heavy atom. The van der Waals surface area contributed by atoms with Crippen molar-refractivity contribution in [3.63, 3.8) is 0 Å². The van der Waals surface area contributed by atoms with Crippen LogP contribution in [0.15, 0.2) is 12.1 Å². The Kier molecular flexibility index (Phi) is 2.58. The van der Waals surface area contributed by atoms with Crippen molar-refractivity contribution < 1.29 is 0 Å². The van der Waals surface area contributed by atoms with E-state index in [9.17, 15) is 0 Å². The van der Waals surface area contributed by atoms with Crippen LogP contribution in [0.5, 0.6) is 0 Å². The largest absolute Gasteiger partial charge is 0.398 e. The molecule has 1 rings (SSSR count). The molecule has 0 bridgehead atoms. The summed E-state index contributed by atoms with van der Waals surface area (Å²) in [6.07, 6.45) is 0. The van der Waals surface area contributed by atoms with Crippen LogP contribution >= 0.6 is 34.2 Å². The molecule has 0 aliphatic carbocycles. The van der Waals surface area contributed by atoms with E-state index in [-0.39, 0.29) is 0 Å². The highest BCUT2D eigenvalue weighted by Crippen LogP contribution is 2.26. The van der Waals surface area contributed by atoms with E-state index in [0.29, 0.717) is 16.3 Å². The molecule has 1 aromatic rings. The Morgan fingerprint density at radius 3 is 2.73 bits per heavy atom. The molecule has 56 valence electrons. The molecule has 1 aromatic carbocycles. The second-order valence-electron chi connectivity index (χ2n) is 1.94. The van der Waals surface area contributed by atoms with E-state index in [0.717, 1.165) is 3.57 Å². The smallest absolute Gasteiger partial charge is 0.101 e. The van der Waals surface area contributed by atoms with Gasteiger partial charge in [0.05, 0.1) is 14.2 Å². The minimum atomic E-state index is 0.438. The Morgan fingerprint density at radius 2 is 2.18 bits per heavy atom. The van der Waals surface area contributed by atoms with Gasteiger partial charge in [0.1, 0.15) is 6.07 Å². The van der Waals surface area contributed by atoms with Crippen LogP contribution in [-0.4, -0.2) is 0 Å². The SMILES string of the molecule is N#Cc1ccc(N)c(I)c1Cl. The van der Waals surface area contributed by atoms with Crippen LogP contribution in [0.4, 0.5) is 5.69 Å². The van der Waals surface area contributed by atoms with Crippen molar-refractivity contribution in [3.8, 4) is 6.07 Å². The highest BCUT2D eigenvalue weighted by Gasteiger charge is 2.05. The first-order valence-electron chi connectivity index (χ1n) is 2.80. The second kappa shape index (κ2) is 3.28. The summed E-state index contributed by atoms with van der Waals surface area (Å²) in [6, 6.07) is 5.25. The number of nitrogen functional groups attached to an aromatic ring is 1. The fourth-order valence-electron chi connectivity index (χ4n) is 0.651. The molecule has 0 aromatic heterocycles. The molecule has 0 heterocycles. The molecule has 0 radical (unpaired) electrons. The van der Waals surface area contributed by atoms with Gasteiger partial charge in [-0.15, -0.1) is 0 Å². The van der Waals surface area contributed by atoms with Crippen LogP contribution < -0.4 is 5.73 Å². The van der Waals surface area contributed by atoms with E-state index >= 15 is 0 Å². The van der Waals surface area contributed by atoms with Gasteiger partial charge in [-0.2, -0.15) is 5.26 Å². The monoisotopic (exact) mass is 278 g/mol. The summed E-state index contributed by atoms with van der Waals surface area (Å²) in [5.74, 6) is 0. The highest BCUT2D eigenvalue weighted by molar-refractivity contribution is 14.1. The zero-order valence-electron chi connectivity index (χ0n) is 5.44. The predicted molar refractivity (Wildman–Crippen MR) is 53.3 cm³/mol. The summed E-state index contributed by atoms with van der Waals surface area (Å²) in [5, 5.41) is 8.99. The molecular formula is C7H4ClIN2. The molecule has 2 N–H and O–H groups in total. The van der Waals surface area contributed by atoms with Gasteiger partial charge >= 0.3 is 0 Å². The minimum absolute atomic E-state index is 0.438. The molecule has 0 amide bonds. The summed E-state index contributed by atoms with van der Waals surface area (Å²) >= 11 is 7.80. The van der Waals surface area contributed by atoms with Crippen LogP contribution in [-0.2, 0) is 0 Å². The van der Waals surface area contributed by atoms with E-state index in [1.54, 1.807) is 12.1 Å². The van der Waals surface area contributed by atoms with E-state index in [1.165, 1.54) is 0 Å². The van der Waals surface area contributed by atoms with Crippen molar-refractivity contribution in [2.24, 2.45) is 0 Å². The molecule has 11 heavy (non-hydrogen) atoms. The van der Waals surface area contributed by atoms with Crippen molar-refractivity contribution in [2.75, 3.05) is 5.73 Å². The average molecular weight is 278 g/mol. The molecule has 4 heteroatoms. The molecule has 0 aliphatic rings. The second-order valence-corrected chi connectivity index (χ2v) is 3.40. The normalized spacial score (nSPS) is 9.18. The quantitative estimate of drug-likeness (QED) is 0.585. The average Bonchev–Trinajstić information content (AvgIpc) is 2.01. The number of anilines is 1. The number of benzene rings is 1. The number of nitriles is 1. The third-order valence-electron chi connectivity index (χ3n) is 1.23. The van der Waals surface area contributed by atoms with Crippen molar-refractivity contribution in [2.45, 2.75) is 0 Å². The number of halogens is 2. The standard InChI is InChI=1S/C7H4ClIN2/c8-6-4(3-10)1-2-5(11)7(6)9/h1-2H,11H2. The highest BCUT2D eigenvalue weighted by atomic mass is 127. The van der Waals surface area contributed by atoms with Gasteiger partial charge in [0.25, 0.3) is 0 Å². The maximum atomic E-state index is 8.56. The van der Waals surface area contributed by atoms with Crippen LogP contribution in [0.3, 0.4) is 0 Å². The van der Waals surface area contributed by atoms with Gasteiger partial charge in [-0.3, -0.25) is 0 Å². The van der Waals surface area contributed by atoms with Gasteiger partial charge in [0.2, 0.25) is 0 Å². The van der Waals surface area contributed by atoms with E-state index in [1.807, 2.05) is 28.7 Å². The Hall–Kier alpha value is -0.470. The molecule has 0 atom stereocenters. The number of nitrogens with two attached hydrogens (primary N) is 1. The minimum Gasteiger partial charge on any atom is -0.398 e. The lowest BCUT2D eigenvalue weighted by Crippen LogP contribution is -1.91. The molecule has 0 unspecified atom stereocenters. The fourth-order valence-corrected chi connectivity index (χ4v) is 1.34. The van der Waals surface area contributed by atoms with Gasteiger partial charge in [0.15, 0.2) is 0 Å². The molecule has 0 saturated heterocycles. The van der Waals surface area contributed by atoms with E-state index < -0.39 is 0 Å². The molecule has 0 aliphatic heterocycles. The zero-order valence-corrected chi connectivity index (χ0v) is 8.35. The summed E-state index contributed by atoms with van der Waals surface area (Å²) in [7, 11) is 0. The van der Waals surface area contributed by atoms with Crippen molar-refractivity contribution in [1.29, 1.82) is 5.26 Å². The number of hydrogen-bond donors (Lipinski definition) is 1. The summed E-state index contributed by atoms with van der Waals surface area (Å²) in [6.45, 7) is 0. The maximum Gasteiger partial charge on any atom is 0.101 e. The summed E-state index contributed by atoms with van der Waals surface area (Å²) < 4.78 is 0.739. The van der Waals surface area contributed by atoms with Crippen LogP contribution in [0, 0.1) is 14.9 Å². The lowest BCUT2D eigenvalue weighted by atomic mass is 10.2. The molecular weight excluding hydrogens is 274 g/mol. The topological polar surface area (TPSA) is 49.8 Å². The maximum absolute atomic E-state index is 8.56. The summed E-state index contributed by atoms with van der Waals surface area (Å²) in [5.41, 5.74) is 6.61. The van der Waals surface area contributed by atoms with Gasteiger partial charge < -0.3 is 5.73 Å². The number of hydrogen-bond acceptors (Lipinski definition) is 2. The number of nitrogens with zero attached hydrogens (tertiary/aromatic N) is 1. The van der Waals surface area contributed by atoms with Gasteiger partial charge in [-0.25, -0.2) is 0 Å². The molecule has 2 nitrogen and oxygen atoms in total. The first-order valence-corrected chi connectivity index (χ1v) is 4.26. The zero-order chi connectivity index (χ0) is 8.43. The van der Waals surface area contributed by atoms with Crippen LogP contribution in [0.1, 0.15) is 5.56 Å². The lowest BCUT2D eigenvalue weighted by Gasteiger charge is -2.00. The Bertz CT molecular complexity index is 330. The van der Waals surface area contributed by atoms with Gasteiger partial charge in [-0.05, 0) is 34.7 Å². The third kappa shape index (κ3) is 1.57. The van der Waals surface area contributed by atoms with Crippen molar-refractivity contribution >= 4 is 39.9 Å². The van der Waals surface area contributed by atoms with Crippen molar-refractivity contribution in [1.82, 2.24) is 0 Å². The first-order chi connectivity index (χ1) is 5.16. The first kappa shape index (κ1) is 8.62. The van der Waals surface area contributed by atoms with Crippen LogP contribution in [0.25, 0.3) is 0 Å². The predicted octanol–water partition coefficient (Wildman–Crippen LogP) is 2.40. The Balaban J connectivity index is 3.40. The van der Waals surface area contributed by atoms with Gasteiger partial charge in [-0.1, -0.05) is 11.6 Å². The summed E-state index contributed by atoms with van der Waals surface area (Å²) in [4.78, 5) is 0. The number of rotatable bonds is 0. The van der Waals surface area contributed by atoms with Crippen LogP contribution in [0.2, 0.25) is 5.02 Å². The molecule has 0 fully saturated rings. The molecule has 0 saturated carbocycles. The molecule has 0 spiro atoms. The Labute approximate surface area is 83.1 Å². The van der Waals surface area contributed by atoms with E-state index in [2.05, 4.69) is 0 Å². The van der Waals surface area contributed by atoms with Gasteiger partial charge in [0, 0.05) is 5.69 Å². The fraction of sp³-hybridized carbons (Fsp3) is 0. The van der Waals surface area contributed by atoms with Crippen molar-refractivity contribution in [3.05, 3.63) is 26.3 Å². The van der Waals surface area contributed by atoms with E-state index in [4.69, 9.17) is 22.6 Å². The lowest BCUT2D eigenvalue weighted by molar-refractivity contribution is 1.47.